The second kappa shape index (κ2) is 11.5. The molecular weight excluding hydrogens is 360 g/mol. The number of thiocarbonyl (C=S) groups is 2. The number of hydrazine groups is 1. The molecular formula is C20H26N4S2. The Kier molecular flexibility index (Phi) is 9.70. The maximum absolute atomic E-state index is 5.19. The van der Waals surface area contributed by atoms with Gasteiger partial charge in [-0.15, -0.1) is 0 Å². The molecule has 2 rings (SSSR count). The summed E-state index contributed by atoms with van der Waals surface area (Å²) in [5, 5.41) is 5.85. The highest BCUT2D eigenvalue weighted by Crippen LogP contribution is 2.25. The van der Waals surface area contributed by atoms with Crippen LogP contribution in [0.3, 0.4) is 0 Å². The van der Waals surface area contributed by atoms with E-state index in [2.05, 4.69) is 72.9 Å². The minimum Gasteiger partial charge on any atom is -0.331 e. The molecule has 0 aliphatic rings. The molecule has 0 aromatic heterocycles. The number of nitrogens with two attached hydrogens (primary N) is 1. The van der Waals surface area contributed by atoms with Gasteiger partial charge in [0.1, 0.15) is 0 Å². The van der Waals surface area contributed by atoms with Gasteiger partial charge in [-0.1, -0.05) is 64.1 Å². The van der Waals surface area contributed by atoms with Crippen molar-refractivity contribution in [1.82, 2.24) is 5.43 Å². The summed E-state index contributed by atoms with van der Waals surface area (Å²) in [4.78, 5) is 3.99. The van der Waals surface area contributed by atoms with Gasteiger partial charge in [0.15, 0.2) is 5.11 Å². The summed E-state index contributed by atoms with van der Waals surface area (Å²) in [5.41, 5.74) is 6.78. The molecule has 0 unspecified atom stereocenters. The topological polar surface area (TPSA) is 62.4 Å². The average molecular weight is 387 g/mol. The number of rotatable bonds is 4. The van der Waals surface area contributed by atoms with E-state index < -0.39 is 0 Å². The van der Waals surface area contributed by atoms with E-state index in [4.69, 9.17) is 18.1 Å². The van der Waals surface area contributed by atoms with Crippen LogP contribution < -0.4 is 16.6 Å². The minimum atomic E-state index is 0.429. The van der Waals surface area contributed by atoms with Crippen LogP contribution >= 0.6 is 24.4 Å². The van der Waals surface area contributed by atoms with Crippen molar-refractivity contribution in [2.45, 2.75) is 39.5 Å². The van der Waals surface area contributed by atoms with Gasteiger partial charge in [-0.25, -0.2) is 5.84 Å². The second-order valence-corrected chi connectivity index (χ2v) is 6.85. The summed E-state index contributed by atoms with van der Waals surface area (Å²) < 4.78 is 0. The molecule has 0 saturated heterocycles. The lowest BCUT2D eigenvalue weighted by molar-refractivity contribution is 0.867. The van der Waals surface area contributed by atoms with Gasteiger partial charge in [0.2, 0.25) is 0 Å². The van der Waals surface area contributed by atoms with Crippen LogP contribution in [0.5, 0.6) is 0 Å². The number of isothiocyanates is 1. The zero-order chi connectivity index (χ0) is 19.5. The van der Waals surface area contributed by atoms with Crippen molar-refractivity contribution in [3.63, 3.8) is 0 Å². The van der Waals surface area contributed by atoms with Crippen molar-refractivity contribution < 1.29 is 0 Å². The molecule has 0 saturated carbocycles. The van der Waals surface area contributed by atoms with E-state index in [0.29, 0.717) is 16.9 Å². The van der Waals surface area contributed by atoms with Crippen molar-refractivity contribution in [3.8, 4) is 0 Å². The summed E-state index contributed by atoms with van der Waals surface area (Å²) >= 11 is 9.50. The first-order valence-corrected chi connectivity index (χ1v) is 9.25. The maximum Gasteiger partial charge on any atom is 0.185 e. The Bertz CT molecular complexity index is 766. The highest BCUT2D eigenvalue weighted by Gasteiger charge is 2.06. The number of hydrogen-bond donors (Lipinski definition) is 3. The van der Waals surface area contributed by atoms with Gasteiger partial charge in [-0.05, 0) is 59.5 Å². The molecule has 0 amide bonds. The molecule has 0 spiro atoms. The molecule has 138 valence electrons. The molecule has 26 heavy (non-hydrogen) atoms. The average Bonchev–Trinajstić information content (AvgIpc) is 2.63. The van der Waals surface area contributed by atoms with Crippen molar-refractivity contribution in [3.05, 3.63) is 59.7 Å². The Morgan fingerprint density at radius 2 is 1.50 bits per heavy atom. The Balaban J connectivity index is 0.000000263. The van der Waals surface area contributed by atoms with Crippen molar-refractivity contribution in [2.24, 2.45) is 10.8 Å². The van der Waals surface area contributed by atoms with Crippen LogP contribution in [-0.2, 0) is 0 Å². The van der Waals surface area contributed by atoms with E-state index in [-0.39, 0.29) is 0 Å². The highest BCUT2D eigenvalue weighted by atomic mass is 32.1. The van der Waals surface area contributed by atoms with Gasteiger partial charge in [0, 0.05) is 5.69 Å². The van der Waals surface area contributed by atoms with Gasteiger partial charge < -0.3 is 10.7 Å². The van der Waals surface area contributed by atoms with E-state index >= 15 is 0 Å². The van der Waals surface area contributed by atoms with Crippen molar-refractivity contribution in [2.75, 3.05) is 5.32 Å². The van der Waals surface area contributed by atoms with Crippen LogP contribution in [0.2, 0.25) is 0 Å². The normalized spacial score (nSPS) is 9.81. The zero-order valence-corrected chi connectivity index (χ0v) is 17.2. The van der Waals surface area contributed by atoms with Gasteiger partial charge in [-0.3, -0.25) is 0 Å². The first-order valence-electron chi connectivity index (χ1n) is 8.44. The predicted molar refractivity (Wildman–Crippen MR) is 119 cm³/mol. The fraction of sp³-hybridized carbons (Fsp3) is 0.300. The minimum absolute atomic E-state index is 0.429. The van der Waals surface area contributed by atoms with Crippen LogP contribution in [0.15, 0.2) is 53.5 Å². The van der Waals surface area contributed by atoms with E-state index in [1.54, 1.807) is 0 Å². The molecule has 4 nitrogen and oxygen atoms in total. The first-order chi connectivity index (χ1) is 12.4. The Morgan fingerprint density at radius 1 is 0.962 bits per heavy atom. The lowest BCUT2D eigenvalue weighted by Gasteiger charge is -2.14. The van der Waals surface area contributed by atoms with Crippen LogP contribution in [0.4, 0.5) is 11.4 Å². The fourth-order valence-corrected chi connectivity index (χ4v) is 2.61. The van der Waals surface area contributed by atoms with Crippen LogP contribution in [0.1, 0.15) is 50.7 Å². The SMILES string of the molecule is CC(C)c1ccccc1N=C=S.CC(C)c1ccccc1NC(=S)NN. The van der Waals surface area contributed by atoms with Crippen molar-refractivity contribution in [1.29, 1.82) is 0 Å². The van der Waals surface area contributed by atoms with Crippen LogP contribution in [-0.4, -0.2) is 10.3 Å². The number of nitrogens with one attached hydrogen (secondary N) is 2. The molecule has 6 heteroatoms. The summed E-state index contributed by atoms with van der Waals surface area (Å²) in [6.07, 6.45) is 0. The van der Waals surface area contributed by atoms with Gasteiger partial charge in [0.05, 0.1) is 10.8 Å². The van der Waals surface area contributed by atoms with Crippen molar-refractivity contribution >= 4 is 46.1 Å². The van der Waals surface area contributed by atoms with E-state index in [9.17, 15) is 0 Å². The Hall–Kier alpha value is -2.11. The standard InChI is InChI=1S/C10H15N3S.C10H11NS/c1-7(2)8-5-3-4-6-9(8)12-10(14)13-11;1-8(2)9-5-3-4-6-10(9)11-7-12/h3-7H,11H2,1-2H3,(H2,12,13,14);3-6,8H,1-2H3. The molecule has 0 atom stereocenters. The molecule has 0 aliphatic heterocycles. The monoisotopic (exact) mass is 386 g/mol. The fourth-order valence-electron chi connectivity index (χ4n) is 2.40. The number of anilines is 1. The molecule has 0 bridgehead atoms. The lowest BCUT2D eigenvalue weighted by atomic mass is 10.0. The number of aliphatic imine (C=N–C) groups is 1. The third kappa shape index (κ3) is 7.02. The molecule has 4 N–H and O–H groups in total. The third-order valence-corrected chi connectivity index (χ3v) is 4.00. The Labute approximate surface area is 166 Å². The summed E-state index contributed by atoms with van der Waals surface area (Å²) in [7, 11) is 0. The largest absolute Gasteiger partial charge is 0.331 e. The molecule has 0 heterocycles. The zero-order valence-electron chi connectivity index (χ0n) is 15.6. The Morgan fingerprint density at radius 3 is 2.04 bits per heavy atom. The van der Waals surface area contributed by atoms with Gasteiger partial charge >= 0.3 is 0 Å². The van der Waals surface area contributed by atoms with Gasteiger partial charge in [0.25, 0.3) is 0 Å². The van der Waals surface area contributed by atoms with E-state index in [1.807, 2.05) is 36.4 Å². The summed E-state index contributed by atoms with van der Waals surface area (Å²) in [5.74, 6) is 6.13. The lowest BCUT2D eigenvalue weighted by Crippen LogP contribution is -2.34. The number of nitrogens with zero attached hydrogens (tertiary/aromatic N) is 1. The quantitative estimate of drug-likeness (QED) is 0.280. The first kappa shape index (κ1) is 21.9. The van der Waals surface area contributed by atoms with E-state index in [0.717, 1.165) is 11.4 Å². The van der Waals surface area contributed by atoms with Crippen LogP contribution in [0.25, 0.3) is 0 Å². The summed E-state index contributed by atoms with van der Waals surface area (Å²) in [6, 6.07) is 16.0. The molecule has 0 aliphatic carbocycles. The predicted octanol–water partition coefficient (Wildman–Crippen LogP) is 5.51. The van der Waals surface area contributed by atoms with E-state index in [1.165, 1.54) is 11.1 Å². The maximum atomic E-state index is 5.19. The van der Waals surface area contributed by atoms with Gasteiger partial charge in [-0.2, -0.15) is 4.99 Å². The number of para-hydroxylation sites is 2. The smallest absolute Gasteiger partial charge is 0.185 e. The number of benzene rings is 2. The van der Waals surface area contributed by atoms with Crippen LogP contribution in [0, 0.1) is 0 Å². The molecule has 2 aromatic rings. The highest BCUT2D eigenvalue weighted by molar-refractivity contribution is 7.80. The third-order valence-electron chi connectivity index (χ3n) is 3.69. The summed E-state index contributed by atoms with van der Waals surface area (Å²) in [6.45, 7) is 8.55. The number of hydrogen-bond acceptors (Lipinski definition) is 4. The second-order valence-electron chi connectivity index (χ2n) is 6.26. The molecule has 0 fully saturated rings. The molecule has 0 radical (unpaired) electrons. The molecule has 2 aromatic carbocycles.